The van der Waals surface area contributed by atoms with E-state index in [1.54, 1.807) is 23.1 Å². The van der Waals surface area contributed by atoms with E-state index in [4.69, 9.17) is 7.85 Å². The van der Waals surface area contributed by atoms with Gasteiger partial charge < -0.3 is 10.4 Å². The van der Waals surface area contributed by atoms with Crippen molar-refractivity contribution in [3.63, 3.8) is 0 Å². The average molecular weight is 259 g/mol. The van der Waals surface area contributed by atoms with Crippen molar-refractivity contribution in [2.24, 2.45) is 5.92 Å². The van der Waals surface area contributed by atoms with Gasteiger partial charge in [-0.2, -0.15) is 0 Å². The van der Waals surface area contributed by atoms with E-state index in [-0.39, 0.29) is 11.6 Å². The Morgan fingerprint density at radius 2 is 2.32 bits per heavy atom. The third-order valence-corrected chi connectivity index (χ3v) is 3.60. The van der Waals surface area contributed by atoms with Crippen LogP contribution in [0.25, 0.3) is 0 Å². The lowest BCUT2D eigenvalue weighted by Gasteiger charge is -2.48. The summed E-state index contributed by atoms with van der Waals surface area (Å²) in [5.41, 5.74) is -1.07. The van der Waals surface area contributed by atoms with Crippen LogP contribution in [-0.2, 0) is 5.62 Å². The molecule has 1 atom stereocenters. The summed E-state index contributed by atoms with van der Waals surface area (Å²) in [5.74, 6) is 0.268. The van der Waals surface area contributed by atoms with Crippen molar-refractivity contribution in [2.45, 2.75) is 19.0 Å². The Kier molecular flexibility index (Phi) is 3.92. The predicted molar refractivity (Wildman–Crippen MR) is 72.6 cm³/mol. The van der Waals surface area contributed by atoms with E-state index in [9.17, 15) is 9.90 Å². The Bertz CT molecular complexity index is 473. The number of hydrogen-bond donors (Lipinski definition) is 2. The average Bonchev–Trinajstić information content (AvgIpc) is 2.36. The molecule has 0 saturated carbocycles. The number of aromatic nitrogens is 1. The van der Waals surface area contributed by atoms with Crippen LogP contribution in [-0.4, -0.2) is 48.9 Å². The van der Waals surface area contributed by atoms with Gasteiger partial charge >= 0.3 is 0 Å². The SMILES string of the molecule is [B]C(O)(c1cccc(C(=O)NC)n1)N1CC(CC)C1. The lowest BCUT2D eigenvalue weighted by Crippen LogP contribution is -2.58. The Morgan fingerprint density at radius 1 is 1.63 bits per heavy atom. The summed E-state index contributed by atoms with van der Waals surface area (Å²) < 4.78 is 0. The number of nitrogens with zero attached hydrogens (tertiary/aromatic N) is 2. The van der Waals surface area contributed by atoms with Crippen LogP contribution in [0.2, 0.25) is 0 Å². The van der Waals surface area contributed by atoms with Gasteiger partial charge in [-0.3, -0.25) is 9.69 Å². The van der Waals surface area contributed by atoms with Crippen molar-refractivity contribution >= 4 is 13.8 Å². The molecule has 1 fully saturated rings. The molecule has 19 heavy (non-hydrogen) atoms. The first-order chi connectivity index (χ1) is 8.98. The molecule has 0 spiro atoms. The largest absolute Gasteiger partial charge is 0.379 e. The van der Waals surface area contributed by atoms with Gasteiger partial charge in [0.1, 0.15) is 19.2 Å². The first-order valence-electron chi connectivity index (χ1n) is 6.45. The Balaban J connectivity index is 2.19. The Morgan fingerprint density at radius 3 is 2.89 bits per heavy atom. The van der Waals surface area contributed by atoms with E-state index in [2.05, 4.69) is 17.2 Å². The second-order valence-corrected chi connectivity index (χ2v) is 4.89. The number of amides is 1. The number of likely N-dealkylation sites (tertiary alicyclic amines) is 1. The number of aliphatic hydroxyl groups is 1. The van der Waals surface area contributed by atoms with E-state index in [0.717, 1.165) is 19.5 Å². The minimum Gasteiger partial charge on any atom is -0.379 e. The predicted octanol–water partition coefficient (Wildman–Crippen LogP) is 0.0541. The fourth-order valence-corrected chi connectivity index (χ4v) is 2.16. The first kappa shape index (κ1) is 14.0. The number of pyridine rings is 1. The van der Waals surface area contributed by atoms with Crippen LogP contribution < -0.4 is 5.32 Å². The highest BCUT2D eigenvalue weighted by atomic mass is 16.3. The fraction of sp³-hybridized carbons (Fsp3) is 0.538. The van der Waals surface area contributed by atoms with Gasteiger partial charge in [0.15, 0.2) is 0 Å². The van der Waals surface area contributed by atoms with Crippen LogP contribution in [0.3, 0.4) is 0 Å². The van der Waals surface area contributed by atoms with Gasteiger partial charge in [0, 0.05) is 20.1 Å². The quantitative estimate of drug-likeness (QED) is 0.750. The number of carbonyl (C=O) groups is 1. The van der Waals surface area contributed by atoms with E-state index in [0.29, 0.717) is 11.6 Å². The second kappa shape index (κ2) is 5.31. The number of hydrogen-bond acceptors (Lipinski definition) is 4. The van der Waals surface area contributed by atoms with Crippen molar-refractivity contribution in [1.29, 1.82) is 0 Å². The van der Waals surface area contributed by atoms with Gasteiger partial charge in [0.2, 0.25) is 0 Å². The molecular weight excluding hydrogens is 241 g/mol. The van der Waals surface area contributed by atoms with Gasteiger partial charge in [-0.05, 0) is 18.1 Å². The molecule has 1 aliphatic heterocycles. The summed E-state index contributed by atoms with van der Waals surface area (Å²) in [6, 6.07) is 4.89. The Labute approximate surface area is 114 Å². The summed E-state index contributed by atoms with van der Waals surface area (Å²) in [7, 11) is 7.49. The fourth-order valence-electron chi connectivity index (χ4n) is 2.16. The smallest absolute Gasteiger partial charge is 0.269 e. The molecule has 1 unspecified atom stereocenters. The zero-order valence-corrected chi connectivity index (χ0v) is 11.3. The molecule has 5 nitrogen and oxygen atoms in total. The van der Waals surface area contributed by atoms with Gasteiger partial charge in [-0.1, -0.05) is 19.4 Å². The standard InChI is InChI=1S/C13H18BN3O2/c1-3-9-7-17(8-9)13(14,19)11-6-4-5-10(16-11)12(18)15-2/h4-6,9,19H,3,7-8H2,1-2H3,(H,15,18). The summed E-state index contributed by atoms with van der Waals surface area (Å²) in [6.07, 6.45) is 1.07. The maximum absolute atomic E-state index is 11.5. The maximum Gasteiger partial charge on any atom is 0.269 e. The third kappa shape index (κ3) is 2.64. The molecule has 1 saturated heterocycles. The molecular formula is C13H18BN3O2. The van der Waals surface area contributed by atoms with E-state index >= 15 is 0 Å². The van der Waals surface area contributed by atoms with Crippen molar-refractivity contribution in [3.05, 3.63) is 29.6 Å². The summed E-state index contributed by atoms with van der Waals surface area (Å²) in [4.78, 5) is 17.4. The van der Waals surface area contributed by atoms with Crippen LogP contribution in [0.1, 0.15) is 29.5 Å². The van der Waals surface area contributed by atoms with Crippen molar-refractivity contribution in [2.75, 3.05) is 20.1 Å². The number of carbonyl (C=O) groups excluding carboxylic acids is 1. The van der Waals surface area contributed by atoms with Crippen LogP contribution in [0.15, 0.2) is 18.2 Å². The van der Waals surface area contributed by atoms with Gasteiger partial charge in [0.05, 0.1) is 5.69 Å². The zero-order chi connectivity index (χ0) is 14.0. The third-order valence-electron chi connectivity index (χ3n) is 3.60. The summed E-state index contributed by atoms with van der Waals surface area (Å²) in [6.45, 7) is 3.60. The van der Waals surface area contributed by atoms with Crippen molar-refractivity contribution in [3.8, 4) is 0 Å². The molecule has 2 radical (unpaired) electrons. The molecule has 2 N–H and O–H groups in total. The van der Waals surface area contributed by atoms with E-state index in [1.165, 1.54) is 7.05 Å². The van der Waals surface area contributed by atoms with Gasteiger partial charge in [-0.25, -0.2) is 4.98 Å². The highest BCUT2D eigenvalue weighted by molar-refractivity contribution is 6.14. The van der Waals surface area contributed by atoms with Crippen LogP contribution in [0.5, 0.6) is 0 Å². The van der Waals surface area contributed by atoms with Crippen molar-refractivity contribution < 1.29 is 9.90 Å². The van der Waals surface area contributed by atoms with Crippen LogP contribution in [0, 0.1) is 5.92 Å². The lowest BCUT2D eigenvalue weighted by molar-refractivity contribution is -0.106. The monoisotopic (exact) mass is 259 g/mol. The number of nitrogens with one attached hydrogen (secondary N) is 1. The maximum atomic E-state index is 11.5. The summed E-state index contributed by atoms with van der Waals surface area (Å²) >= 11 is 0. The highest BCUT2D eigenvalue weighted by Gasteiger charge is 2.39. The van der Waals surface area contributed by atoms with Crippen LogP contribution >= 0.6 is 0 Å². The molecule has 100 valence electrons. The molecule has 1 aliphatic rings. The Hall–Kier alpha value is -1.40. The van der Waals surface area contributed by atoms with E-state index < -0.39 is 5.62 Å². The lowest BCUT2D eigenvalue weighted by atomic mass is 9.80. The molecule has 0 aromatic carbocycles. The molecule has 2 heterocycles. The molecule has 6 heteroatoms. The molecule has 1 aromatic rings. The van der Waals surface area contributed by atoms with E-state index in [1.807, 2.05) is 0 Å². The molecule has 0 bridgehead atoms. The minimum atomic E-state index is -1.62. The van der Waals surface area contributed by atoms with Gasteiger partial charge in [-0.15, -0.1) is 0 Å². The normalized spacial score (nSPS) is 19.5. The minimum absolute atomic E-state index is 0.247. The van der Waals surface area contributed by atoms with Crippen LogP contribution in [0.4, 0.5) is 0 Å². The molecule has 2 rings (SSSR count). The highest BCUT2D eigenvalue weighted by Crippen LogP contribution is 2.30. The topological polar surface area (TPSA) is 65.5 Å². The molecule has 1 aromatic heterocycles. The van der Waals surface area contributed by atoms with Gasteiger partial charge in [0.25, 0.3) is 5.91 Å². The zero-order valence-electron chi connectivity index (χ0n) is 11.3. The number of rotatable bonds is 4. The first-order valence-corrected chi connectivity index (χ1v) is 6.45. The summed E-state index contributed by atoms with van der Waals surface area (Å²) in [5, 5.41) is 12.9. The van der Waals surface area contributed by atoms with Crippen molar-refractivity contribution in [1.82, 2.24) is 15.2 Å². The second-order valence-electron chi connectivity index (χ2n) is 4.89. The molecule has 1 amide bonds. The molecule has 0 aliphatic carbocycles.